The maximum absolute atomic E-state index is 5.47. The first-order chi connectivity index (χ1) is 14.6. The van der Waals surface area contributed by atoms with Crippen molar-refractivity contribution in [2.75, 3.05) is 39.4 Å². The molecule has 164 valence electrons. The van der Waals surface area contributed by atoms with E-state index in [4.69, 9.17) is 14.3 Å². The van der Waals surface area contributed by atoms with Crippen LogP contribution in [0.5, 0.6) is 0 Å². The molecular formula is C23H35N5O2. The van der Waals surface area contributed by atoms with Gasteiger partial charge in [-0.15, -0.1) is 0 Å². The van der Waals surface area contributed by atoms with E-state index in [1.54, 1.807) is 0 Å². The number of benzene rings is 1. The Labute approximate surface area is 179 Å². The molecule has 1 aliphatic rings. The van der Waals surface area contributed by atoms with Crippen LogP contribution >= 0.6 is 0 Å². The third-order valence-corrected chi connectivity index (χ3v) is 5.52. The van der Waals surface area contributed by atoms with Gasteiger partial charge in [0.1, 0.15) is 5.76 Å². The fourth-order valence-corrected chi connectivity index (χ4v) is 3.92. The second kappa shape index (κ2) is 11.1. The molecule has 0 bridgehead atoms. The lowest BCUT2D eigenvalue weighted by Crippen LogP contribution is -2.39. The highest BCUT2D eigenvalue weighted by Crippen LogP contribution is 2.22. The van der Waals surface area contributed by atoms with Crippen molar-refractivity contribution in [2.24, 2.45) is 4.99 Å². The normalized spacial score (nSPS) is 16.5. The van der Waals surface area contributed by atoms with E-state index in [0.717, 1.165) is 63.4 Å². The molecule has 1 aromatic heterocycles. The number of hydrogen-bond acceptors (Lipinski definition) is 5. The molecule has 1 unspecified atom stereocenters. The summed E-state index contributed by atoms with van der Waals surface area (Å²) >= 11 is 0. The van der Waals surface area contributed by atoms with E-state index in [0.29, 0.717) is 6.54 Å². The Kier molecular flexibility index (Phi) is 8.28. The molecule has 30 heavy (non-hydrogen) atoms. The first-order valence-corrected chi connectivity index (χ1v) is 10.9. The van der Waals surface area contributed by atoms with Gasteiger partial charge in [-0.1, -0.05) is 36.3 Å². The second-order valence-electron chi connectivity index (χ2n) is 7.87. The van der Waals surface area contributed by atoms with Gasteiger partial charge in [0.15, 0.2) is 5.96 Å². The van der Waals surface area contributed by atoms with Crippen LogP contribution in [0.15, 0.2) is 33.8 Å². The minimum absolute atomic E-state index is 0.286. The number of morpholine rings is 1. The zero-order chi connectivity index (χ0) is 21.3. The lowest BCUT2D eigenvalue weighted by atomic mass is 10.00. The van der Waals surface area contributed by atoms with Crippen molar-refractivity contribution in [3.63, 3.8) is 0 Å². The summed E-state index contributed by atoms with van der Waals surface area (Å²) < 4.78 is 10.8. The molecule has 0 radical (unpaired) electrons. The Bertz CT molecular complexity index is 807. The number of hydrogen-bond donors (Lipinski definition) is 2. The van der Waals surface area contributed by atoms with Gasteiger partial charge in [-0.25, -0.2) is 4.99 Å². The fraction of sp³-hybridized carbons (Fsp3) is 0.565. The largest absolute Gasteiger partial charge is 0.379 e. The first kappa shape index (κ1) is 22.3. The van der Waals surface area contributed by atoms with Gasteiger partial charge in [0.25, 0.3) is 0 Å². The number of guanidine groups is 1. The minimum atomic E-state index is 0.286. The van der Waals surface area contributed by atoms with Crippen LogP contribution in [-0.2, 0) is 17.8 Å². The molecule has 0 amide bonds. The quantitative estimate of drug-likeness (QED) is 0.512. The third kappa shape index (κ3) is 6.06. The highest BCUT2D eigenvalue weighted by molar-refractivity contribution is 5.79. The molecule has 2 N–H and O–H groups in total. The van der Waals surface area contributed by atoms with Crippen LogP contribution < -0.4 is 10.6 Å². The number of nitrogens with one attached hydrogen (secondary N) is 2. The van der Waals surface area contributed by atoms with E-state index in [2.05, 4.69) is 58.8 Å². The van der Waals surface area contributed by atoms with Gasteiger partial charge in [-0.2, -0.15) is 0 Å². The predicted molar refractivity (Wildman–Crippen MR) is 120 cm³/mol. The van der Waals surface area contributed by atoms with Gasteiger partial charge in [-0.3, -0.25) is 4.90 Å². The molecule has 1 fully saturated rings. The van der Waals surface area contributed by atoms with Crippen molar-refractivity contribution in [3.8, 4) is 0 Å². The Morgan fingerprint density at radius 1 is 1.17 bits per heavy atom. The van der Waals surface area contributed by atoms with Crippen molar-refractivity contribution >= 4 is 5.96 Å². The lowest BCUT2D eigenvalue weighted by molar-refractivity contribution is 0.0341. The lowest BCUT2D eigenvalue weighted by Gasteiger charge is -2.27. The zero-order valence-electron chi connectivity index (χ0n) is 18.7. The molecule has 0 saturated carbocycles. The Morgan fingerprint density at radius 3 is 2.57 bits per heavy atom. The van der Waals surface area contributed by atoms with Crippen LogP contribution in [0.1, 0.15) is 47.9 Å². The molecule has 1 atom stereocenters. The number of ether oxygens (including phenoxy) is 1. The SMILES string of the molecule is CCNC(=NCc1ccccc1CN1CCOCC1)NCC(C)c1c(C)noc1C. The van der Waals surface area contributed by atoms with Crippen molar-refractivity contribution in [1.82, 2.24) is 20.7 Å². The van der Waals surface area contributed by atoms with Crippen molar-refractivity contribution in [1.29, 1.82) is 0 Å². The Hall–Kier alpha value is -2.38. The molecule has 1 aliphatic heterocycles. The summed E-state index contributed by atoms with van der Waals surface area (Å²) in [6, 6.07) is 8.58. The van der Waals surface area contributed by atoms with Gasteiger partial charge < -0.3 is 19.9 Å². The monoisotopic (exact) mass is 413 g/mol. The smallest absolute Gasteiger partial charge is 0.191 e. The number of aromatic nitrogens is 1. The van der Waals surface area contributed by atoms with Crippen LogP contribution in [0.25, 0.3) is 0 Å². The summed E-state index contributed by atoms with van der Waals surface area (Å²) in [7, 11) is 0. The summed E-state index contributed by atoms with van der Waals surface area (Å²) in [5, 5.41) is 10.9. The second-order valence-corrected chi connectivity index (χ2v) is 7.87. The molecule has 0 spiro atoms. The van der Waals surface area contributed by atoms with Crippen LogP contribution in [0.3, 0.4) is 0 Å². The minimum Gasteiger partial charge on any atom is -0.379 e. The average molecular weight is 414 g/mol. The van der Waals surface area contributed by atoms with E-state index in [1.807, 2.05) is 13.8 Å². The van der Waals surface area contributed by atoms with Gasteiger partial charge >= 0.3 is 0 Å². The fourth-order valence-electron chi connectivity index (χ4n) is 3.92. The summed E-state index contributed by atoms with van der Waals surface area (Å²) in [6.45, 7) is 15.0. The van der Waals surface area contributed by atoms with Crippen LogP contribution in [0, 0.1) is 13.8 Å². The molecular weight excluding hydrogens is 378 g/mol. The topological polar surface area (TPSA) is 74.9 Å². The summed E-state index contributed by atoms with van der Waals surface area (Å²) in [6.07, 6.45) is 0. The molecule has 0 aliphatic carbocycles. The van der Waals surface area contributed by atoms with Crippen molar-refractivity contribution < 1.29 is 9.26 Å². The van der Waals surface area contributed by atoms with Gasteiger partial charge in [-0.05, 0) is 31.9 Å². The molecule has 1 aromatic carbocycles. The predicted octanol–water partition coefficient (Wildman–Crippen LogP) is 2.98. The molecule has 7 nitrogen and oxygen atoms in total. The number of nitrogens with zero attached hydrogens (tertiary/aromatic N) is 3. The van der Waals surface area contributed by atoms with E-state index in [1.165, 1.54) is 16.7 Å². The third-order valence-electron chi connectivity index (χ3n) is 5.52. The average Bonchev–Trinajstić information content (AvgIpc) is 3.09. The van der Waals surface area contributed by atoms with E-state index < -0.39 is 0 Å². The first-order valence-electron chi connectivity index (χ1n) is 10.9. The molecule has 3 rings (SSSR count). The Balaban J connectivity index is 1.63. The zero-order valence-corrected chi connectivity index (χ0v) is 18.7. The van der Waals surface area contributed by atoms with Gasteiger partial charge in [0, 0.05) is 44.2 Å². The summed E-state index contributed by atoms with van der Waals surface area (Å²) in [4.78, 5) is 7.29. The van der Waals surface area contributed by atoms with Crippen molar-refractivity contribution in [2.45, 2.75) is 46.7 Å². The number of aryl methyl sites for hydroxylation is 2. The molecule has 1 saturated heterocycles. The maximum atomic E-state index is 5.47. The molecule has 2 heterocycles. The van der Waals surface area contributed by atoms with Gasteiger partial charge in [0.05, 0.1) is 25.5 Å². The summed E-state index contributed by atoms with van der Waals surface area (Å²) in [5.41, 5.74) is 4.73. The number of aliphatic imine (C=N–C) groups is 1. The maximum Gasteiger partial charge on any atom is 0.191 e. The van der Waals surface area contributed by atoms with Crippen LogP contribution in [0.4, 0.5) is 0 Å². The standard InChI is InChI=1S/C23H35N5O2/c1-5-24-23(25-14-17(2)22-18(3)27-30-19(22)4)26-15-20-8-6-7-9-21(20)16-28-10-12-29-13-11-28/h6-9,17H,5,10-16H2,1-4H3,(H2,24,25,26). The van der Waals surface area contributed by atoms with E-state index in [9.17, 15) is 0 Å². The van der Waals surface area contributed by atoms with Gasteiger partial charge in [0.2, 0.25) is 0 Å². The molecule has 7 heteroatoms. The highest BCUT2D eigenvalue weighted by atomic mass is 16.5. The van der Waals surface area contributed by atoms with Crippen LogP contribution in [-0.4, -0.2) is 55.4 Å². The van der Waals surface area contributed by atoms with Crippen LogP contribution in [0.2, 0.25) is 0 Å². The van der Waals surface area contributed by atoms with E-state index >= 15 is 0 Å². The highest BCUT2D eigenvalue weighted by Gasteiger charge is 2.17. The van der Waals surface area contributed by atoms with E-state index in [-0.39, 0.29) is 5.92 Å². The molecule has 2 aromatic rings. The number of rotatable bonds is 8. The van der Waals surface area contributed by atoms with Crippen molar-refractivity contribution in [3.05, 3.63) is 52.4 Å². The Morgan fingerprint density at radius 2 is 1.90 bits per heavy atom. The summed E-state index contributed by atoms with van der Waals surface area (Å²) in [5.74, 6) is 2.01.